The number of hydrogen-bond acceptors (Lipinski definition) is 3. The molecule has 1 atom stereocenters. The van der Waals surface area contributed by atoms with Crippen LogP contribution < -0.4 is 10.5 Å². The van der Waals surface area contributed by atoms with E-state index in [2.05, 4.69) is 5.32 Å². The highest BCUT2D eigenvalue weighted by Gasteiger charge is 2.18. The van der Waals surface area contributed by atoms with E-state index < -0.39 is 10.0 Å². The zero-order valence-electron chi connectivity index (χ0n) is 11.0. The minimum Gasteiger partial charge on any atom is -0.324 e. The van der Waals surface area contributed by atoms with Crippen LogP contribution in [0.1, 0.15) is 20.8 Å². The molecule has 0 saturated heterocycles. The van der Waals surface area contributed by atoms with Crippen molar-refractivity contribution >= 4 is 33.2 Å². The number of carbonyl (C=O) groups is 1. The number of nitrogens with two attached hydrogens (primary N) is 1. The molecule has 7 heteroatoms. The molecule has 0 aliphatic heterocycles. The van der Waals surface area contributed by atoms with Gasteiger partial charge in [0.05, 0.1) is 15.6 Å². The number of hydrogen-bond donors (Lipinski definition) is 2. The maximum Gasteiger partial charge on any atom is 0.238 e. The third-order valence-corrected chi connectivity index (χ3v) is 4.18. The molecule has 0 aromatic heterocycles. The van der Waals surface area contributed by atoms with Gasteiger partial charge in [0.1, 0.15) is 0 Å². The van der Waals surface area contributed by atoms with Crippen molar-refractivity contribution in [3.05, 3.63) is 23.2 Å². The van der Waals surface area contributed by atoms with Crippen LogP contribution in [0.15, 0.2) is 23.1 Å². The van der Waals surface area contributed by atoms with Crippen LogP contribution >= 0.6 is 11.6 Å². The van der Waals surface area contributed by atoms with Crippen molar-refractivity contribution < 1.29 is 13.2 Å². The van der Waals surface area contributed by atoms with E-state index in [1.165, 1.54) is 18.2 Å². The topological polar surface area (TPSA) is 89.3 Å². The maximum absolute atomic E-state index is 11.9. The summed E-state index contributed by atoms with van der Waals surface area (Å²) in [6.45, 7) is 5.64. The van der Waals surface area contributed by atoms with E-state index in [-0.39, 0.29) is 33.3 Å². The summed E-state index contributed by atoms with van der Waals surface area (Å²) in [4.78, 5) is 11.8. The zero-order valence-corrected chi connectivity index (χ0v) is 12.5. The molecule has 0 fully saturated rings. The van der Waals surface area contributed by atoms with Gasteiger partial charge in [-0.05, 0) is 24.1 Å². The van der Waals surface area contributed by atoms with Crippen LogP contribution in [0, 0.1) is 11.8 Å². The number of amides is 1. The van der Waals surface area contributed by atoms with Gasteiger partial charge in [-0.15, -0.1) is 0 Å². The second-order valence-electron chi connectivity index (χ2n) is 4.71. The second-order valence-corrected chi connectivity index (χ2v) is 6.68. The van der Waals surface area contributed by atoms with Gasteiger partial charge in [-0.2, -0.15) is 0 Å². The Hall–Kier alpha value is -1.11. The van der Waals surface area contributed by atoms with Crippen molar-refractivity contribution in [3.8, 4) is 0 Å². The molecule has 19 heavy (non-hydrogen) atoms. The van der Waals surface area contributed by atoms with Crippen molar-refractivity contribution in [1.29, 1.82) is 0 Å². The first-order valence-electron chi connectivity index (χ1n) is 5.76. The highest BCUT2D eigenvalue weighted by molar-refractivity contribution is 7.89. The molecule has 1 aromatic carbocycles. The molecule has 1 amide bonds. The molecule has 0 aliphatic rings. The highest BCUT2D eigenvalue weighted by Crippen LogP contribution is 2.25. The first-order valence-corrected chi connectivity index (χ1v) is 7.68. The van der Waals surface area contributed by atoms with Crippen molar-refractivity contribution in [2.24, 2.45) is 17.0 Å². The third-order valence-electron chi connectivity index (χ3n) is 2.94. The van der Waals surface area contributed by atoms with Crippen LogP contribution in [-0.2, 0) is 14.8 Å². The monoisotopic (exact) mass is 304 g/mol. The van der Waals surface area contributed by atoms with Crippen molar-refractivity contribution in [2.75, 3.05) is 5.32 Å². The Kier molecular flexibility index (Phi) is 4.95. The molecular formula is C12H17ClN2O3S. The zero-order chi connectivity index (χ0) is 14.8. The smallest absolute Gasteiger partial charge is 0.238 e. The summed E-state index contributed by atoms with van der Waals surface area (Å²) in [5.41, 5.74) is 0.241. The summed E-state index contributed by atoms with van der Waals surface area (Å²) in [5.74, 6) is -0.266. The number of halogens is 1. The lowest BCUT2D eigenvalue weighted by molar-refractivity contribution is -0.120. The lowest BCUT2D eigenvalue weighted by atomic mass is 9.97. The fourth-order valence-electron chi connectivity index (χ4n) is 1.33. The molecule has 0 radical (unpaired) electrons. The van der Waals surface area contributed by atoms with E-state index in [4.69, 9.17) is 16.7 Å². The average molecular weight is 305 g/mol. The van der Waals surface area contributed by atoms with E-state index in [0.717, 1.165) is 0 Å². The standard InChI is InChI=1S/C12H17ClN2O3S/c1-7(2)8(3)12(16)15-11-6-9(19(14,17)18)4-5-10(11)13/h4-8H,1-3H3,(H,15,16)(H2,14,17,18). The number of carbonyl (C=O) groups excluding carboxylic acids is 1. The number of sulfonamides is 1. The predicted molar refractivity (Wildman–Crippen MR) is 75.5 cm³/mol. The van der Waals surface area contributed by atoms with Gasteiger partial charge in [-0.3, -0.25) is 4.79 Å². The first kappa shape index (κ1) is 15.9. The second kappa shape index (κ2) is 5.90. The lowest BCUT2D eigenvalue weighted by Crippen LogP contribution is -2.24. The van der Waals surface area contributed by atoms with Crippen LogP contribution in [0.4, 0.5) is 5.69 Å². The summed E-state index contributed by atoms with van der Waals surface area (Å²) in [7, 11) is -3.82. The van der Waals surface area contributed by atoms with Crippen LogP contribution in [0.5, 0.6) is 0 Å². The van der Waals surface area contributed by atoms with Crippen LogP contribution in [-0.4, -0.2) is 14.3 Å². The first-order chi connectivity index (χ1) is 8.62. The molecule has 106 valence electrons. The molecule has 0 heterocycles. The van der Waals surface area contributed by atoms with Crippen molar-refractivity contribution in [3.63, 3.8) is 0 Å². The quantitative estimate of drug-likeness (QED) is 0.893. The van der Waals surface area contributed by atoms with Crippen molar-refractivity contribution in [2.45, 2.75) is 25.7 Å². The van der Waals surface area contributed by atoms with Crippen LogP contribution in [0.3, 0.4) is 0 Å². The third kappa shape index (κ3) is 4.19. The number of primary sulfonamides is 1. The molecule has 1 unspecified atom stereocenters. The van der Waals surface area contributed by atoms with Gasteiger partial charge >= 0.3 is 0 Å². The molecular weight excluding hydrogens is 288 g/mol. The molecule has 0 saturated carbocycles. The SMILES string of the molecule is CC(C)C(C)C(=O)Nc1cc(S(N)(=O)=O)ccc1Cl. The Morgan fingerprint density at radius 2 is 1.89 bits per heavy atom. The van der Waals surface area contributed by atoms with Gasteiger partial charge in [0.2, 0.25) is 15.9 Å². The normalized spacial score (nSPS) is 13.4. The molecule has 1 rings (SSSR count). The fraction of sp³-hybridized carbons (Fsp3) is 0.417. The average Bonchev–Trinajstić information content (AvgIpc) is 2.29. The molecule has 0 spiro atoms. The highest BCUT2D eigenvalue weighted by atomic mass is 35.5. The Labute approximate surface area is 118 Å². The largest absolute Gasteiger partial charge is 0.324 e. The van der Waals surface area contributed by atoms with Crippen LogP contribution in [0.2, 0.25) is 5.02 Å². The Morgan fingerprint density at radius 3 is 2.37 bits per heavy atom. The molecule has 5 nitrogen and oxygen atoms in total. The maximum atomic E-state index is 11.9. The van der Waals surface area contributed by atoms with Gasteiger partial charge in [-0.1, -0.05) is 32.4 Å². The van der Waals surface area contributed by atoms with Gasteiger partial charge in [-0.25, -0.2) is 13.6 Å². The number of nitrogens with one attached hydrogen (secondary N) is 1. The molecule has 0 bridgehead atoms. The summed E-state index contributed by atoms with van der Waals surface area (Å²) in [6, 6.07) is 3.93. The number of benzene rings is 1. The molecule has 1 aromatic rings. The predicted octanol–water partition coefficient (Wildman–Crippen LogP) is 2.22. The Balaban J connectivity index is 3.05. The number of rotatable bonds is 4. The lowest BCUT2D eigenvalue weighted by Gasteiger charge is -2.16. The van der Waals surface area contributed by atoms with Gasteiger partial charge in [0.15, 0.2) is 0 Å². The molecule has 0 aliphatic carbocycles. The fourth-order valence-corrected chi connectivity index (χ4v) is 2.03. The van der Waals surface area contributed by atoms with Crippen molar-refractivity contribution in [1.82, 2.24) is 0 Å². The van der Waals surface area contributed by atoms with E-state index in [1.54, 1.807) is 6.92 Å². The minimum atomic E-state index is -3.82. The summed E-state index contributed by atoms with van der Waals surface area (Å²) < 4.78 is 22.5. The van der Waals surface area contributed by atoms with Gasteiger partial charge in [0.25, 0.3) is 0 Å². The van der Waals surface area contributed by atoms with Crippen LogP contribution in [0.25, 0.3) is 0 Å². The minimum absolute atomic E-state index is 0.0931. The van der Waals surface area contributed by atoms with Gasteiger partial charge in [0, 0.05) is 5.92 Å². The number of anilines is 1. The van der Waals surface area contributed by atoms with E-state index >= 15 is 0 Å². The van der Waals surface area contributed by atoms with E-state index in [0.29, 0.717) is 0 Å². The van der Waals surface area contributed by atoms with Gasteiger partial charge < -0.3 is 5.32 Å². The summed E-state index contributed by atoms with van der Waals surface area (Å²) >= 11 is 5.92. The summed E-state index contributed by atoms with van der Waals surface area (Å²) in [5, 5.41) is 7.90. The Morgan fingerprint density at radius 1 is 1.32 bits per heavy atom. The molecule has 3 N–H and O–H groups in total. The van der Waals surface area contributed by atoms with E-state index in [9.17, 15) is 13.2 Å². The summed E-state index contributed by atoms with van der Waals surface area (Å²) in [6.07, 6.45) is 0. The Bertz CT molecular complexity index is 585. The van der Waals surface area contributed by atoms with E-state index in [1.807, 2.05) is 13.8 Å².